The molecule has 2 aromatic rings. The Morgan fingerprint density at radius 1 is 1.13 bits per heavy atom. The Balaban J connectivity index is 2.04. The molecule has 0 aliphatic heterocycles. The molecule has 0 saturated carbocycles. The molecule has 5 nitrogen and oxygen atoms in total. The number of nitrogens with two attached hydrogens (primary N) is 2. The Bertz CT molecular complexity index is 662. The second-order valence-corrected chi connectivity index (χ2v) is 5.48. The van der Waals surface area contributed by atoms with E-state index < -0.39 is 6.17 Å². The Labute approximate surface area is 137 Å². The van der Waals surface area contributed by atoms with Crippen molar-refractivity contribution in [1.29, 1.82) is 5.41 Å². The fourth-order valence-electron chi connectivity index (χ4n) is 2.26. The summed E-state index contributed by atoms with van der Waals surface area (Å²) in [4.78, 5) is 0. The number of benzene rings is 2. The van der Waals surface area contributed by atoms with E-state index in [-0.39, 0.29) is 0 Å². The number of nitrogens with zero attached hydrogens (tertiary/aromatic N) is 1. The zero-order chi connectivity index (χ0) is 16.8. The number of rotatable bonds is 7. The summed E-state index contributed by atoms with van der Waals surface area (Å²) in [6, 6.07) is 18.2. The van der Waals surface area contributed by atoms with Gasteiger partial charge >= 0.3 is 0 Å². The maximum Gasteiger partial charge on any atom is 0.0969 e. The van der Waals surface area contributed by atoms with Gasteiger partial charge in [-0.25, -0.2) is 5.43 Å². The third-order valence-corrected chi connectivity index (χ3v) is 3.53. The zero-order valence-corrected chi connectivity index (χ0v) is 13.3. The van der Waals surface area contributed by atoms with Crippen molar-refractivity contribution in [3.8, 4) is 0 Å². The van der Waals surface area contributed by atoms with Crippen LogP contribution in [0.5, 0.6) is 0 Å². The number of hydrogen-bond donors (Lipinski definition) is 4. The monoisotopic (exact) mass is 309 g/mol. The lowest BCUT2D eigenvalue weighted by Gasteiger charge is -2.21. The van der Waals surface area contributed by atoms with Gasteiger partial charge in [0, 0.05) is 12.6 Å². The van der Waals surface area contributed by atoms with E-state index in [4.69, 9.17) is 17.0 Å². The maximum atomic E-state index is 8.22. The minimum Gasteiger partial charge on any atom is -0.311 e. The van der Waals surface area contributed by atoms with E-state index in [0.29, 0.717) is 11.3 Å². The van der Waals surface area contributed by atoms with Gasteiger partial charge in [0.25, 0.3) is 0 Å². The molecule has 0 saturated heterocycles. The van der Waals surface area contributed by atoms with Gasteiger partial charge in [-0.05, 0) is 23.1 Å². The Kier molecular flexibility index (Phi) is 5.78. The molecule has 0 bridgehead atoms. The van der Waals surface area contributed by atoms with Gasteiger partial charge in [0.2, 0.25) is 0 Å². The molecule has 6 N–H and O–H groups in total. The van der Waals surface area contributed by atoms with Crippen molar-refractivity contribution >= 4 is 5.71 Å². The molecule has 1 atom stereocenters. The second-order valence-electron chi connectivity index (χ2n) is 5.48. The molecule has 2 aromatic carbocycles. The van der Waals surface area contributed by atoms with E-state index in [9.17, 15) is 0 Å². The Hall–Kier alpha value is -2.31. The van der Waals surface area contributed by atoms with Crippen molar-refractivity contribution in [2.24, 2.45) is 11.6 Å². The third kappa shape index (κ3) is 4.84. The molecule has 23 heavy (non-hydrogen) atoms. The normalized spacial score (nSPS) is 12.2. The van der Waals surface area contributed by atoms with E-state index >= 15 is 0 Å². The second kappa shape index (κ2) is 7.80. The van der Waals surface area contributed by atoms with Crippen LogP contribution in [-0.2, 0) is 6.42 Å². The van der Waals surface area contributed by atoms with Crippen molar-refractivity contribution in [1.82, 2.24) is 10.5 Å². The standard InChI is InChI=1S/C18H23N5/c1-13(18(20)22-23(2)21)17(19)16-10-8-15(9-11-16)12-14-6-4-3-5-7-14/h3-11,18-19,22H,1,12,20-21H2,2H3. The minimum atomic E-state index is -0.596. The van der Waals surface area contributed by atoms with Gasteiger partial charge < -0.3 is 5.73 Å². The summed E-state index contributed by atoms with van der Waals surface area (Å²) in [5, 5.41) is 9.48. The summed E-state index contributed by atoms with van der Waals surface area (Å²) in [5.41, 5.74) is 12.7. The smallest absolute Gasteiger partial charge is 0.0969 e. The molecule has 1 unspecified atom stereocenters. The van der Waals surface area contributed by atoms with Crippen LogP contribution in [0.2, 0.25) is 0 Å². The van der Waals surface area contributed by atoms with Gasteiger partial charge in [0.15, 0.2) is 0 Å². The van der Waals surface area contributed by atoms with Gasteiger partial charge in [0.05, 0.1) is 11.9 Å². The highest BCUT2D eigenvalue weighted by Crippen LogP contribution is 2.13. The molecule has 0 fully saturated rings. The quantitative estimate of drug-likeness (QED) is 0.272. The number of nitrogens with one attached hydrogen (secondary N) is 2. The lowest BCUT2D eigenvalue weighted by atomic mass is 9.98. The predicted octanol–water partition coefficient (Wildman–Crippen LogP) is 1.80. The van der Waals surface area contributed by atoms with Crippen LogP contribution in [0, 0.1) is 5.41 Å². The molecule has 0 aliphatic rings. The molecule has 0 spiro atoms. The lowest BCUT2D eigenvalue weighted by molar-refractivity contribution is 0.220. The molecular formula is C18H23N5. The fraction of sp³-hybridized carbons (Fsp3) is 0.167. The molecule has 0 heterocycles. The summed E-state index contributed by atoms with van der Waals surface area (Å²) >= 11 is 0. The third-order valence-electron chi connectivity index (χ3n) is 3.53. The first-order valence-corrected chi connectivity index (χ1v) is 7.38. The van der Waals surface area contributed by atoms with E-state index in [2.05, 4.69) is 24.1 Å². The Morgan fingerprint density at radius 3 is 2.26 bits per heavy atom. The first kappa shape index (κ1) is 17.1. The SMILES string of the molecule is C=C(C(=N)c1ccc(Cc2ccccc2)cc1)C(N)NN(C)N. The van der Waals surface area contributed by atoms with E-state index in [1.165, 1.54) is 16.2 Å². The average molecular weight is 309 g/mol. The van der Waals surface area contributed by atoms with Crippen LogP contribution in [0.15, 0.2) is 66.7 Å². The summed E-state index contributed by atoms with van der Waals surface area (Å²) in [6.45, 7) is 3.88. The van der Waals surface area contributed by atoms with Crippen molar-refractivity contribution in [2.45, 2.75) is 12.6 Å². The largest absolute Gasteiger partial charge is 0.311 e. The van der Waals surface area contributed by atoms with Crippen LogP contribution in [-0.4, -0.2) is 24.0 Å². The molecule has 0 aliphatic carbocycles. The van der Waals surface area contributed by atoms with Gasteiger partial charge in [-0.3, -0.25) is 11.3 Å². The molecule has 120 valence electrons. The van der Waals surface area contributed by atoms with Crippen molar-refractivity contribution < 1.29 is 0 Å². The highest BCUT2D eigenvalue weighted by Gasteiger charge is 2.14. The van der Waals surface area contributed by atoms with Crippen LogP contribution in [0.1, 0.15) is 16.7 Å². The predicted molar refractivity (Wildman–Crippen MR) is 94.7 cm³/mol. The summed E-state index contributed by atoms with van der Waals surface area (Å²) in [5.74, 6) is 5.49. The summed E-state index contributed by atoms with van der Waals surface area (Å²) < 4.78 is 0. The van der Waals surface area contributed by atoms with E-state index in [1.807, 2.05) is 42.5 Å². The minimum absolute atomic E-state index is 0.304. The fourth-order valence-corrected chi connectivity index (χ4v) is 2.26. The zero-order valence-electron chi connectivity index (χ0n) is 13.3. The van der Waals surface area contributed by atoms with Crippen LogP contribution < -0.4 is 17.0 Å². The van der Waals surface area contributed by atoms with Crippen LogP contribution in [0.4, 0.5) is 0 Å². The van der Waals surface area contributed by atoms with E-state index in [0.717, 1.165) is 12.0 Å². The topological polar surface area (TPSA) is 91.2 Å². The molecule has 0 aromatic heterocycles. The Morgan fingerprint density at radius 2 is 1.70 bits per heavy atom. The number of hydrogen-bond acceptors (Lipinski definition) is 5. The summed E-state index contributed by atoms with van der Waals surface area (Å²) in [7, 11) is 1.63. The highest BCUT2D eigenvalue weighted by molar-refractivity contribution is 6.10. The van der Waals surface area contributed by atoms with Crippen LogP contribution in [0.3, 0.4) is 0 Å². The van der Waals surface area contributed by atoms with Crippen molar-refractivity contribution in [3.63, 3.8) is 0 Å². The molecule has 5 heteroatoms. The van der Waals surface area contributed by atoms with Gasteiger partial charge in [0.1, 0.15) is 0 Å². The first-order valence-electron chi connectivity index (χ1n) is 7.38. The lowest BCUT2D eigenvalue weighted by Crippen LogP contribution is -2.52. The van der Waals surface area contributed by atoms with Crippen molar-refractivity contribution in [2.75, 3.05) is 7.05 Å². The molecule has 0 radical (unpaired) electrons. The van der Waals surface area contributed by atoms with Crippen LogP contribution in [0.25, 0.3) is 0 Å². The first-order chi connectivity index (χ1) is 11.0. The average Bonchev–Trinajstić information content (AvgIpc) is 2.54. The molecule has 0 amide bonds. The van der Waals surface area contributed by atoms with E-state index in [1.54, 1.807) is 7.05 Å². The maximum absolute atomic E-state index is 8.22. The van der Waals surface area contributed by atoms with Gasteiger partial charge in [-0.2, -0.15) is 5.12 Å². The van der Waals surface area contributed by atoms with Gasteiger partial charge in [-0.1, -0.05) is 61.2 Å². The molecule has 2 rings (SSSR count). The van der Waals surface area contributed by atoms with Crippen molar-refractivity contribution in [3.05, 3.63) is 83.4 Å². The van der Waals surface area contributed by atoms with Crippen LogP contribution >= 0.6 is 0 Å². The highest BCUT2D eigenvalue weighted by atomic mass is 15.7. The number of hydrazine groups is 2. The van der Waals surface area contributed by atoms with Gasteiger partial charge in [-0.15, -0.1) is 0 Å². The summed E-state index contributed by atoms with van der Waals surface area (Å²) in [6.07, 6.45) is 0.274. The molecular weight excluding hydrogens is 286 g/mol.